The smallest absolute Gasteiger partial charge is 0.163 e. The van der Waals surface area contributed by atoms with Crippen LogP contribution in [0.4, 0.5) is 0 Å². The summed E-state index contributed by atoms with van der Waals surface area (Å²) in [7, 11) is 0. The van der Waals surface area contributed by atoms with Crippen molar-refractivity contribution in [2.24, 2.45) is 0 Å². The van der Waals surface area contributed by atoms with Crippen LogP contribution in [-0.4, -0.2) is 24.6 Å². The van der Waals surface area contributed by atoms with Gasteiger partial charge in [-0.1, -0.05) is 0 Å². The van der Waals surface area contributed by atoms with Crippen molar-refractivity contribution in [1.29, 1.82) is 0 Å². The number of nitrogens with zero attached hydrogens (tertiary/aromatic N) is 4. The zero-order chi connectivity index (χ0) is 10.1. The standard InChI is InChI=1S/C9H12N4O/c1-3-13-5-12-8-7(6(2)14)10-4-11-9(8)13/h4-6,14H,3H2,1-2H3. The summed E-state index contributed by atoms with van der Waals surface area (Å²) in [6.45, 7) is 4.50. The first kappa shape index (κ1) is 9.08. The molecule has 0 aliphatic carbocycles. The van der Waals surface area contributed by atoms with Gasteiger partial charge in [-0.25, -0.2) is 15.0 Å². The van der Waals surface area contributed by atoms with Gasteiger partial charge in [0.25, 0.3) is 0 Å². The summed E-state index contributed by atoms with van der Waals surface area (Å²) in [4.78, 5) is 12.3. The maximum Gasteiger partial charge on any atom is 0.163 e. The number of rotatable bonds is 2. The third-order valence-electron chi connectivity index (χ3n) is 2.17. The highest BCUT2D eigenvalue weighted by Gasteiger charge is 2.12. The lowest BCUT2D eigenvalue weighted by Gasteiger charge is -2.03. The van der Waals surface area contributed by atoms with Gasteiger partial charge in [0.05, 0.1) is 18.1 Å². The van der Waals surface area contributed by atoms with E-state index in [4.69, 9.17) is 0 Å². The zero-order valence-electron chi connectivity index (χ0n) is 8.18. The lowest BCUT2D eigenvalue weighted by Crippen LogP contribution is -1.99. The Hall–Kier alpha value is -1.49. The minimum Gasteiger partial charge on any atom is -0.387 e. The van der Waals surface area contributed by atoms with Gasteiger partial charge in [-0.3, -0.25) is 0 Å². The molecule has 5 nitrogen and oxygen atoms in total. The number of aromatic nitrogens is 4. The molecular formula is C9H12N4O. The summed E-state index contributed by atoms with van der Waals surface area (Å²) in [5, 5.41) is 9.46. The van der Waals surface area contributed by atoms with Gasteiger partial charge < -0.3 is 9.67 Å². The maximum absolute atomic E-state index is 9.46. The molecule has 5 heteroatoms. The Balaban J connectivity index is 2.70. The highest BCUT2D eigenvalue weighted by molar-refractivity contribution is 5.73. The Morgan fingerprint density at radius 2 is 2.21 bits per heavy atom. The van der Waals surface area contributed by atoms with E-state index in [0.29, 0.717) is 11.2 Å². The predicted molar refractivity (Wildman–Crippen MR) is 51.6 cm³/mol. The summed E-state index contributed by atoms with van der Waals surface area (Å²) >= 11 is 0. The number of hydrogen-bond donors (Lipinski definition) is 1. The lowest BCUT2D eigenvalue weighted by molar-refractivity contribution is 0.195. The molecule has 0 saturated carbocycles. The van der Waals surface area contributed by atoms with Crippen molar-refractivity contribution in [3.05, 3.63) is 18.3 Å². The van der Waals surface area contributed by atoms with Gasteiger partial charge in [-0.05, 0) is 13.8 Å². The van der Waals surface area contributed by atoms with E-state index in [1.165, 1.54) is 6.33 Å². The molecule has 0 aliphatic rings. The van der Waals surface area contributed by atoms with Crippen LogP contribution < -0.4 is 0 Å². The molecule has 1 atom stereocenters. The molecule has 0 amide bonds. The van der Waals surface area contributed by atoms with Crippen LogP contribution in [0.25, 0.3) is 11.2 Å². The molecule has 1 N–H and O–H groups in total. The van der Waals surface area contributed by atoms with Gasteiger partial charge >= 0.3 is 0 Å². The second-order valence-corrected chi connectivity index (χ2v) is 3.14. The molecule has 2 rings (SSSR count). The van der Waals surface area contributed by atoms with Crippen molar-refractivity contribution in [3.63, 3.8) is 0 Å². The minimum atomic E-state index is -0.610. The lowest BCUT2D eigenvalue weighted by atomic mass is 10.2. The van der Waals surface area contributed by atoms with Crippen molar-refractivity contribution < 1.29 is 5.11 Å². The largest absolute Gasteiger partial charge is 0.387 e. The molecule has 0 bridgehead atoms. The fraction of sp³-hybridized carbons (Fsp3) is 0.444. The molecule has 0 fully saturated rings. The van der Waals surface area contributed by atoms with Crippen LogP contribution in [0.3, 0.4) is 0 Å². The Morgan fingerprint density at radius 1 is 1.43 bits per heavy atom. The molecule has 14 heavy (non-hydrogen) atoms. The number of aliphatic hydroxyl groups is 1. The fourth-order valence-electron chi connectivity index (χ4n) is 1.44. The number of hydrogen-bond acceptors (Lipinski definition) is 4. The molecule has 2 aromatic heterocycles. The normalized spacial score (nSPS) is 13.4. The molecule has 0 aliphatic heterocycles. The Morgan fingerprint density at radius 3 is 2.86 bits per heavy atom. The summed E-state index contributed by atoms with van der Waals surface area (Å²) in [5.41, 5.74) is 2.05. The number of aliphatic hydroxyl groups excluding tert-OH is 1. The molecule has 0 spiro atoms. The van der Waals surface area contributed by atoms with E-state index in [2.05, 4.69) is 15.0 Å². The third-order valence-corrected chi connectivity index (χ3v) is 2.17. The second kappa shape index (κ2) is 3.34. The Labute approximate surface area is 81.4 Å². The van der Waals surface area contributed by atoms with Crippen molar-refractivity contribution in [1.82, 2.24) is 19.5 Å². The average molecular weight is 192 g/mol. The summed E-state index contributed by atoms with van der Waals surface area (Å²) < 4.78 is 1.92. The molecular weight excluding hydrogens is 180 g/mol. The maximum atomic E-state index is 9.46. The number of imidazole rings is 1. The van der Waals surface area contributed by atoms with Crippen molar-refractivity contribution in [2.45, 2.75) is 26.5 Å². The zero-order valence-corrected chi connectivity index (χ0v) is 8.18. The number of aryl methyl sites for hydroxylation is 1. The van der Waals surface area contributed by atoms with E-state index in [9.17, 15) is 5.11 Å². The summed E-state index contributed by atoms with van der Waals surface area (Å²) in [5.74, 6) is 0. The van der Waals surface area contributed by atoms with Crippen LogP contribution in [0.5, 0.6) is 0 Å². The third kappa shape index (κ3) is 1.26. The molecule has 1 unspecified atom stereocenters. The van der Waals surface area contributed by atoms with Crippen molar-refractivity contribution in [2.75, 3.05) is 0 Å². The van der Waals surface area contributed by atoms with Crippen LogP contribution in [0.15, 0.2) is 12.7 Å². The highest BCUT2D eigenvalue weighted by atomic mass is 16.3. The highest BCUT2D eigenvalue weighted by Crippen LogP contribution is 2.18. The Kier molecular flexibility index (Phi) is 2.17. The molecule has 0 radical (unpaired) electrons. The minimum absolute atomic E-state index is 0.585. The van der Waals surface area contributed by atoms with Crippen LogP contribution in [0, 0.1) is 0 Å². The van der Waals surface area contributed by atoms with Crippen LogP contribution in [-0.2, 0) is 6.54 Å². The van der Waals surface area contributed by atoms with Gasteiger partial charge in [-0.2, -0.15) is 0 Å². The van der Waals surface area contributed by atoms with Gasteiger partial charge in [0, 0.05) is 6.54 Å². The van der Waals surface area contributed by atoms with Gasteiger partial charge in [0.15, 0.2) is 5.65 Å². The molecule has 2 aromatic rings. The molecule has 0 aromatic carbocycles. The van der Waals surface area contributed by atoms with E-state index < -0.39 is 6.10 Å². The first-order valence-corrected chi connectivity index (χ1v) is 4.57. The van der Waals surface area contributed by atoms with Crippen molar-refractivity contribution >= 4 is 11.2 Å². The van der Waals surface area contributed by atoms with E-state index in [0.717, 1.165) is 12.2 Å². The van der Waals surface area contributed by atoms with Gasteiger partial charge in [-0.15, -0.1) is 0 Å². The summed E-state index contributed by atoms with van der Waals surface area (Å²) in [6, 6.07) is 0. The first-order valence-electron chi connectivity index (χ1n) is 4.57. The fourth-order valence-corrected chi connectivity index (χ4v) is 1.44. The van der Waals surface area contributed by atoms with Crippen LogP contribution in [0.2, 0.25) is 0 Å². The molecule has 74 valence electrons. The first-order chi connectivity index (χ1) is 6.74. The predicted octanol–water partition coefficient (Wildman–Crippen LogP) is 0.899. The van der Waals surface area contributed by atoms with Gasteiger partial charge in [0.2, 0.25) is 0 Å². The van der Waals surface area contributed by atoms with E-state index in [-0.39, 0.29) is 0 Å². The van der Waals surface area contributed by atoms with Crippen LogP contribution in [0.1, 0.15) is 25.6 Å². The van der Waals surface area contributed by atoms with E-state index in [1.807, 2.05) is 11.5 Å². The SMILES string of the molecule is CCn1cnc2c(C(C)O)ncnc21. The van der Waals surface area contributed by atoms with Crippen molar-refractivity contribution in [3.8, 4) is 0 Å². The van der Waals surface area contributed by atoms with E-state index in [1.54, 1.807) is 13.3 Å². The monoisotopic (exact) mass is 192 g/mol. The Bertz CT molecular complexity index is 449. The second-order valence-electron chi connectivity index (χ2n) is 3.14. The topological polar surface area (TPSA) is 63.8 Å². The average Bonchev–Trinajstić information content (AvgIpc) is 2.59. The van der Waals surface area contributed by atoms with Crippen LogP contribution >= 0.6 is 0 Å². The quantitative estimate of drug-likeness (QED) is 0.767. The summed E-state index contributed by atoms with van der Waals surface area (Å²) in [6.07, 6.45) is 2.56. The molecule has 2 heterocycles. The van der Waals surface area contributed by atoms with Gasteiger partial charge in [0.1, 0.15) is 11.8 Å². The number of fused-ring (bicyclic) bond motifs is 1. The van der Waals surface area contributed by atoms with E-state index >= 15 is 0 Å². The molecule has 0 saturated heterocycles.